The molecule has 2 aromatic carbocycles. The van der Waals surface area contributed by atoms with Gasteiger partial charge in [0, 0.05) is 11.1 Å². The number of carbonyl (C=O) groups is 1. The average molecular weight is 421 g/mol. The van der Waals surface area contributed by atoms with E-state index < -0.39 is 0 Å². The molecular formula is C26H32N2OS. The minimum atomic E-state index is -0.0152. The molecule has 0 atom stereocenters. The summed E-state index contributed by atoms with van der Waals surface area (Å²) in [5.41, 5.74) is 5.49. The van der Waals surface area contributed by atoms with Crippen molar-refractivity contribution in [2.24, 2.45) is 0 Å². The molecule has 0 saturated carbocycles. The number of aryl methyl sites for hydroxylation is 1. The first kappa shape index (κ1) is 22.4. The van der Waals surface area contributed by atoms with Gasteiger partial charge in [-0.15, -0.1) is 0 Å². The Labute approximate surface area is 184 Å². The topological polar surface area (TPSA) is 42.0 Å². The zero-order chi connectivity index (χ0) is 22.1. The zero-order valence-electron chi connectivity index (χ0n) is 19.1. The Morgan fingerprint density at radius 3 is 2.13 bits per heavy atom. The molecule has 4 heteroatoms. The van der Waals surface area contributed by atoms with E-state index in [0.29, 0.717) is 5.75 Å². The maximum atomic E-state index is 12.7. The number of fused-ring (bicyclic) bond motifs is 1. The van der Waals surface area contributed by atoms with Crippen molar-refractivity contribution in [3.05, 3.63) is 65.2 Å². The molecule has 158 valence electrons. The number of rotatable bonds is 4. The molecule has 3 rings (SSSR count). The normalized spacial score (nSPS) is 12.2. The number of pyridine rings is 1. The molecule has 0 aliphatic heterocycles. The van der Waals surface area contributed by atoms with Crippen LogP contribution in [0.2, 0.25) is 0 Å². The third kappa shape index (κ3) is 5.42. The number of benzene rings is 2. The maximum Gasteiger partial charge on any atom is 0.234 e. The van der Waals surface area contributed by atoms with Gasteiger partial charge in [-0.25, -0.2) is 4.98 Å². The summed E-state index contributed by atoms with van der Waals surface area (Å²) in [5, 5.41) is 5.13. The summed E-state index contributed by atoms with van der Waals surface area (Å²) in [4.78, 5) is 17.4. The summed E-state index contributed by atoms with van der Waals surface area (Å²) in [6, 6.07) is 16.6. The number of hydrogen-bond acceptors (Lipinski definition) is 3. The van der Waals surface area contributed by atoms with Gasteiger partial charge < -0.3 is 5.32 Å². The number of anilines is 1. The fourth-order valence-electron chi connectivity index (χ4n) is 3.29. The van der Waals surface area contributed by atoms with E-state index in [2.05, 4.69) is 84.1 Å². The molecule has 1 aromatic heterocycles. The van der Waals surface area contributed by atoms with Gasteiger partial charge in [-0.1, -0.05) is 77.6 Å². The van der Waals surface area contributed by atoms with Crippen LogP contribution in [0.15, 0.2) is 53.6 Å². The molecule has 1 amide bonds. The molecule has 0 aliphatic rings. The van der Waals surface area contributed by atoms with E-state index >= 15 is 0 Å². The quantitative estimate of drug-likeness (QED) is 0.468. The van der Waals surface area contributed by atoms with Gasteiger partial charge in [-0.05, 0) is 58.7 Å². The van der Waals surface area contributed by atoms with E-state index in [4.69, 9.17) is 4.98 Å². The van der Waals surface area contributed by atoms with E-state index in [1.54, 1.807) is 0 Å². The number of carbonyl (C=O) groups excluding carboxylic acids is 1. The van der Waals surface area contributed by atoms with Gasteiger partial charge in [-0.3, -0.25) is 4.79 Å². The van der Waals surface area contributed by atoms with E-state index in [9.17, 15) is 4.79 Å². The van der Waals surface area contributed by atoms with Crippen LogP contribution in [0.1, 0.15) is 58.2 Å². The van der Waals surface area contributed by atoms with Gasteiger partial charge >= 0.3 is 0 Å². The lowest BCUT2D eigenvalue weighted by molar-refractivity contribution is -0.113. The number of aromatic nitrogens is 1. The van der Waals surface area contributed by atoms with Gasteiger partial charge in [0.05, 0.1) is 16.3 Å². The lowest BCUT2D eigenvalue weighted by Gasteiger charge is -2.26. The molecule has 0 radical (unpaired) electrons. The van der Waals surface area contributed by atoms with Crippen molar-refractivity contribution in [1.82, 2.24) is 4.98 Å². The summed E-state index contributed by atoms with van der Waals surface area (Å²) in [6.45, 7) is 15.3. The Kier molecular flexibility index (Phi) is 6.28. The fraction of sp³-hybridized carbons (Fsp3) is 0.385. The van der Waals surface area contributed by atoms with E-state index in [1.807, 2.05) is 18.2 Å². The molecule has 3 nitrogen and oxygen atoms in total. The largest absolute Gasteiger partial charge is 0.325 e. The van der Waals surface area contributed by atoms with E-state index in [0.717, 1.165) is 21.6 Å². The van der Waals surface area contributed by atoms with Crippen LogP contribution in [0, 0.1) is 6.92 Å². The van der Waals surface area contributed by atoms with Crippen molar-refractivity contribution < 1.29 is 4.79 Å². The molecule has 0 saturated heterocycles. The van der Waals surface area contributed by atoms with E-state index in [1.165, 1.54) is 28.5 Å². The summed E-state index contributed by atoms with van der Waals surface area (Å²) in [7, 11) is 0. The number of amides is 1. The summed E-state index contributed by atoms with van der Waals surface area (Å²) >= 11 is 1.47. The number of thioether (sulfide) groups is 1. The molecule has 0 aliphatic carbocycles. The van der Waals surface area contributed by atoms with Crippen LogP contribution in [-0.2, 0) is 15.6 Å². The van der Waals surface area contributed by atoms with Crippen LogP contribution in [0.5, 0.6) is 0 Å². The van der Waals surface area contributed by atoms with Crippen molar-refractivity contribution in [3.8, 4) is 0 Å². The van der Waals surface area contributed by atoms with Crippen molar-refractivity contribution in [3.63, 3.8) is 0 Å². The minimum Gasteiger partial charge on any atom is -0.325 e. The summed E-state index contributed by atoms with van der Waals surface area (Å²) in [6.07, 6.45) is 0. The van der Waals surface area contributed by atoms with Gasteiger partial charge in [0.2, 0.25) is 5.91 Å². The number of para-hydroxylation sites is 1. The van der Waals surface area contributed by atoms with Crippen LogP contribution in [0.3, 0.4) is 0 Å². The average Bonchev–Trinajstić information content (AvgIpc) is 2.65. The highest BCUT2D eigenvalue weighted by Crippen LogP contribution is 2.32. The Balaban J connectivity index is 1.76. The van der Waals surface area contributed by atoms with Crippen LogP contribution in [0.4, 0.5) is 5.69 Å². The second-order valence-corrected chi connectivity index (χ2v) is 10.9. The van der Waals surface area contributed by atoms with Crippen LogP contribution in [0.25, 0.3) is 10.9 Å². The van der Waals surface area contributed by atoms with Gasteiger partial charge in [0.1, 0.15) is 0 Å². The smallest absolute Gasteiger partial charge is 0.234 e. The van der Waals surface area contributed by atoms with Gasteiger partial charge in [0.15, 0.2) is 0 Å². The van der Waals surface area contributed by atoms with Crippen LogP contribution < -0.4 is 5.32 Å². The van der Waals surface area contributed by atoms with Gasteiger partial charge in [-0.2, -0.15) is 0 Å². The first-order chi connectivity index (χ1) is 13.9. The predicted octanol–water partition coefficient (Wildman–Crippen LogP) is 6.87. The lowest BCUT2D eigenvalue weighted by atomic mass is 9.80. The summed E-state index contributed by atoms with van der Waals surface area (Å²) < 4.78 is 0. The Bertz CT molecular complexity index is 1040. The number of hydrogen-bond donors (Lipinski definition) is 1. The predicted molar refractivity (Wildman–Crippen MR) is 130 cm³/mol. The molecule has 1 heterocycles. The molecule has 3 aromatic rings. The highest BCUT2D eigenvalue weighted by atomic mass is 32.2. The Morgan fingerprint density at radius 2 is 1.53 bits per heavy atom. The SMILES string of the molecule is Cc1cc(SCC(=O)Nc2cc(C(C)(C)C)cc(C(C)(C)C)c2)nc2ccccc12. The fourth-order valence-corrected chi connectivity index (χ4v) is 4.07. The van der Waals surface area contributed by atoms with Crippen molar-refractivity contribution in [1.29, 1.82) is 0 Å². The zero-order valence-corrected chi connectivity index (χ0v) is 19.9. The Hall–Kier alpha value is -2.33. The molecule has 0 bridgehead atoms. The molecule has 30 heavy (non-hydrogen) atoms. The van der Waals surface area contributed by atoms with Crippen molar-refractivity contribution >= 4 is 34.3 Å². The van der Waals surface area contributed by atoms with Crippen molar-refractivity contribution in [2.45, 2.75) is 64.3 Å². The Morgan fingerprint density at radius 1 is 0.933 bits per heavy atom. The molecular weight excluding hydrogens is 388 g/mol. The van der Waals surface area contributed by atoms with E-state index in [-0.39, 0.29) is 16.7 Å². The third-order valence-electron chi connectivity index (χ3n) is 5.20. The highest BCUT2D eigenvalue weighted by Gasteiger charge is 2.21. The van der Waals surface area contributed by atoms with Gasteiger partial charge in [0.25, 0.3) is 0 Å². The monoisotopic (exact) mass is 420 g/mol. The highest BCUT2D eigenvalue weighted by molar-refractivity contribution is 7.99. The number of nitrogens with zero attached hydrogens (tertiary/aromatic N) is 1. The maximum absolute atomic E-state index is 12.7. The first-order valence-corrected chi connectivity index (χ1v) is 11.4. The second-order valence-electron chi connectivity index (χ2n) is 9.93. The van der Waals surface area contributed by atoms with Crippen molar-refractivity contribution in [2.75, 3.05) is 11.1 Å². The van der Waals surface area contributed by atoms with Crippen LogP contribution in [-0.4, -0.2) is 16.6 Å². The molecule has 0 fully saturated rings. The van der Waals surface area contributed by atoms with Crippen LogP contribution >= 0.6 is 11.8 Å². The standard InChI is InChI=1S/C26H32N2OS/c1-17-12-24(28-22-11-9-8-10-21(17)22)30-16-23(29)27-20-14-18(25(2,3)4)13-19(15-20)26(5,6)7/h8-15H,16H2,1-7H3,(H,27,29). The molecule has 1 N–H and O–H groups in total. The molecule has 0 spiro atoms. The summed E-state index contributed by atoms with van der Waals surface area (Å²) in [5.74, 6) is 0.313. The third-order valence-corrected chi connectivity index (χ3v) is 6.11. The lowest BCUT2D eigenvalue weighted by Crippen LogP contribution is -2.19. The number of nitrogens with one attached hydrogen (secondary N) is 1. The second kappa shape index (κ2) is 8.43. The first-order valence-electron chi connectivity index (χ1n) is 10.4. The minimum absolute atomic E-state index is 0.0152. The molecule has 0 unspecified atom stereocenters.